The summed E-state index contributed by atoms with van der Waals surface area (Å²) in [4.78, 5) is 25.9. The van der Waals surface area contributed by atoms with Gasteiger partial charge in [-0.25, -0.2) is 21.0 Å². The summed E-state index contributed by atoms with van der Waals surface area (Å²) < 4.78 is 14.0. The maximum atomic E-state index is 9.91. The van der Waals surface area contributed by atoms with E-state index in [0.717, 1.165) is 0 Å². The Hall–Kier alpha value is -0.700. The normalized spacial score (nSPS) is 10.2. The van der Waals surface area contributed by atoms with Gasteiger partial charge in [-0.2, -0.15) is 0 Å². The number of urea groups is 1. The zero-order valence-corrected chi connectivity index (χ0v) is 8.69. The molecule has 0 bridgehead atoms. The molecule has 0 rings (SSSR count). The van der Waals surface area contributed by atoms with E-state index in [1.807, 2.05) is 0 Å². The van der Waals surface area contributed by atoms with Gasteiger partial charge in [0.05, 0.1) is 6.10 Å². The quantitative estimate of drug-likeness (QED) is 0.146. The average Bonchev–Trinajstić information content (AvgIpc) is 1.99. The number of nitrogens with two attached hydrogens (primary N) is 2. The zero-order chi connectivity index (χ0) is 11.8. The van der Waals surface area contributed by atoms with E-state index in [-0.39, 0.29) is 0 Å². The molecular formula is C4H15N4O5P. The van der Waals surface area contributed by atoms with Crippen molar-refractivity contribution in [1.29, 1.82) is 0 Å². The van der Waals surface area contributed by atoms with Crippen LogP contribution in [0, 0.1) is 0 Å². The number of amides is 2. The van der Waals surface area contributed by atoms with Gasteiger partial charge in [0, 0.05) is 0 Å². The number of phosphoric acid groups is 1. The second-order valence-electron chi connectivity index (χ2n) is 2.26. The maximum absolute atomic E-state index is 9.91. The van der Waals surface area contributed by atoms with Crippen LogP contribution in [-0.2, 0) is 9.09 Å². The molecule has 0 aromatic carbocycles. The molecule has 0 heterocycles. The van der Waals surface area contributed by atoms with E-state index >= 15 is 0 Å². The fourth-order valence-electron chi connectivity index (χ4n) is 0.316. The van der Waals surface area contributed by atoms with Gasteiger partial charge in [-0.05, 0) is 13.8 Å². The van der Waals surface area contributed by atoms with E-state index in [9.17, 15) is 9.36 Å². The number of hydrazine groups is 2. The molecule has 0 saturated carbocycles. The minimum atomic E-state index is -4.22. The number of rotatable bonds is 2. The highest BCUT2D eigenvalue weighted by atomic mass is 31.2. The van der Waals surface area contributed by atoms with Crippen LogP contribution in [0.3, 0.4) is 0 Å². The second kappa shape index (κ2) is 7.68. The van der Waals surface area contributed by atoms with Crippen molar-refractivity contribution in [2.24, 2.45) is 11.7 Å². The Kier molecular flexibility index (Phi) is 8.65. The average molecular weight is 230 g/mol. The van der Waals surface area contributed by atoms with Crippen LogP contribution in [0.2, 0.25) is 0 Å². The lowest BCUT2D eigenvalue weighted by atomic mass is 10.5. The van der Waals surface area contributed by atoms with Gasteiger partial charge in [-0.1, -0.05) is 0 Å². The molecule has 14 heavy (non-hydrogen) atoms. The Labute approximate surface area is 81.0 Å². The number of hydrogen-bond acceptors (Lipinski definition) is 5. The Morgan fingerprint density at radius 1 is 1.36 bits per heavy atom. The summed E-state index contributed by atoms with van der Waals surface area (Å²) in [5.41, 5.74) is 3.48. The van der Waals surface area contributed by atoms with E-state index in [0.29, 0.717) is 0 Å². The van der Waals surface area contributed by atoms with Crippen molar-refractivity contribution in [2.45, 2.75) is 20.0 Å². The predicted octanol–water partition coefficient (Wildman–Crippen LogP) is -1.46. The smallest absolute Gasteiger partial charge is 0.303 e. The van der Waals surface area contributed by atoms with Crippen molar-refractivity contribution in [3.05, 3.63) is 0 Å². The van der Waals surface area contributed by atoms with Gasteiger partial charge >= 0.3 is 13.9 Å². The van der Waals surface area contributed by atoms with Crippen LogP contribution >= 0.6 is 7.82 Å². The van der Waals surface area contributed by atoms with Crippen molar-refractivity contribution in [1.82, 2.24) is 10.9 Å². The van der Waals surface area contributed by atoms with Crippen LogP contribution in [0.1, 0.15) is 13.8 Å². The van der Waals surface area contributed by atoms with Crippen LogP contribution in [0.4, 0.5) is 4.79 Å². The van der Waals surface area contributed by atoms with Gasteiger partial charge in [0.25, 0.3) is 0 Å². The third kappa shape index (κ3) is 17.4. The number of carbonyl (C=O) groups is 1. The fourth-order valence-corrected chi connectivity index (χ4v) is 0.866. The molecule has 0 spiro atoms. The molecule has 0 radical (unpaired) electrons. The molecule has 0 aromatic rings. The first kappa shape index (κ1) is 15.8. The van der Waals surface area contributed by atoms with Crippen molar-refractivity contribution in [2.75, 3.05) is 0 Å². The molecule has 0 unspecified atom stereocenters. The van der Waals surface area contributed by atoms with Crippen molar-refractivity contribution < 1.29 is 23.7 Å². The fraction of sp³-hybridized carbons (Fsp3) is 0.750. The molecule has 0 aliphatic carbocycles. The number of hydrogen-bond donors (Lipinski definition) is 6. The van der Waals surface area contributed by atoms with Gasteiger partial charge in [-0.15, -0.1) is 0 Å². The highest BCUT2D eigenvalue weighted by Crippen LogP contribution is 2.37. The molecule has 0 fully saturated rings. The Bertz CT molecular complexity index is 198. The summed E-state index contributed by atoms with van der Waals surface area (Å²) in [6, 6.07) is -0.602. The minimum absolute atomic E-state index is 0.421. The predicted molar refractivity (Wildman–Crippen MR) is 48.3 cm³/mol. The van der Waals surface area contributed by atoms with Gasteiger partial charge in [0.15, 0.2) is 0 Å². The largest absolute Gasteiger partial charge is 0.469 e. The molecule has 0 aliphatic heterocycles. The summed E-state index contributed by atoms with van der Waals surface area (Å²) in [5, 5.41) is 0. The third-order valence-electron chi connectivity index (χ3n) is 0.610. The molecule has 86 valence electrons. The van der Waals surface area contributed by atoms with Crippen LogP contribution < -0.4 is 22.5 Å². The van der Waals surface area contributed by atoms with Crippen LogP contribution in [0.15, 0.2) is 0 Å². The molecule has 0 atom stereocenters. The summed E-state index contributed by atoms with van der Waals surface area (Å²) >= 11 is 0. The zero-order valence-electron chi connectivity index (χ0n) is 7.80. The summed E-state index contributed by atoms with van der Waals surface area (Å²) in [6.45, 7) is 3.11. The maximum Gasteiger partial charge on any atom is 0.469 e. The molecule has 0 aromatic heterocycles. The van der Waals surface area contributed by atoms with Crippen molar-refractivity contribution in [3.63, 3.8) is 0 Å². The van der Waals surface area contributed by atoms with Gasteiger partial charge in [-0.3, -0.25) is 15.4 Å². The number of nitrogens with one attached hydrogen (secondary N) is 2. The topological polar surface area (TPSA) is 160 Å². The molecule has 9 nitrogen and oxygen atoms in total. The first-order valence-corrected chi connectivity index (χ1v) is 4.97. The minimum Gasteiger partial charge on any atom is -0.303 e. The Morgan fingerprint density at radius 2 is 1.71 bits per heavy atom. The SMILES string of the molecule is CC(C)OP(=O)(O)O.NNC(=O)NN. The lowest BCUT2D eigenvalue weighted by Crippen LogP contribution is -2.43. The highest BCUT2D eigenvalue weighted by molar-refractivity contribution is 7.46. The van der Waals surface area contributed by atoms with Crippen LogP contribution in [0.5, 0.6) is 0 Å². The summed E-state index contributed by atoms with van der Waals surface area (Å²) in [7, 11) is -4.22. The molecule has 10 heteroatoms. The Morgan fingerprint density at radius 3 is 1.71 bits per heavy atom. The van der Waals surface area contributed by atoms with Crippen LogP contribution in [0.25, 0.3) is 0 Å². The monoisotopic (exact) mass is 230 g/mol. The van der Waals surface area contributed by atoms with Gasteiger partial charge in [0.1, 0.15) is 0 Å². The van der Waals surface area contributed by atoms with E-state index in [1.165, 1.54) is 0 Å². The molecule has 0 saturated heterocycles. The summed E-state index contributed by atoms with van der Waals surface area (Å²) in [5.74, 6) is 9.08. The lowest BCUT2D eigenvalue weighted by Gasteiger charge is -2.06. The molecular weight excluding hydrogens is 215 g/mol. The lowest BCUT2D eigenvalue weighted by molar-refractivity contribution is 0.156. The van der Waals surface area contributed by atoms with Crippen molar-refractivity contribution >= 4 is 13.9 Å². The van der Waals surface area contributed by atoms with Gasteiger partial charge in [0.2, 0.25) is 0 Å². The summed E-state index contributed by atoms with van der Waals surface area (Å²) in [6.07, 6.45) is -0.421. The third-order valence-corrected chi connectivity index (χ3v) is 1.31. The Balaban J connectivity index is 0. The standard InChI is InChI=1S/C3H9O4P.CH6N4O/c1-3(2)7-8(4,5)6;2-4-1(6)5-3/h3H,1-2H3,(H2,4,5,6);2-3H2,(H2,4,5,6). The van der Waals surface area contributed by atoms with E-state index in [1.54, 1.807) is 24.7 Å². The number of carbonyl (C=O) groups excluding carboxylic acids is 1. The first-order chi connectivity index (χ1) is 6.22. The molecule has 0 aliphatic rings. The van der Waals surface area contributed by atoms with E-state index < -0.39 is 20.0 Å². The van der Waals surface area contributed by atoms with E-state index in [4.69, 9.17) is 9.79 Å². The van der Waals surface area contributed by atoms with Crippen molar-refractivity contribution in [3.8, 4) is 0 Å². The highest BCUT2D eigenvalue weighted by Gasteiger charge is 2.14. The molecule has 2 amide bonds. The van der Waals surface area contributed by atoms with Gasteiger partial charge < -0.3 is 9.79 Å². The first-order valence-electron chi connectivity index (χ1n) is 3.44. The number of phosphoric ester groups is 1. The molecule has 8 N–H and O–H groups in total. The van der Waals surface area contributed by atoms with E-state index in [2.05, 4.69) is 16.2 Å². The second-order valence-corrected chi connectivity index (χ2v) is 3.45. The van der Waals surface area contributed by atoms with Crippen LogP contribution in [-0.4, -0.2) is 21.9 Å².